The molecule has 0 spiro atoms. The standard InChI is InChI=1S/C38H31Cl2N3O4/c1-23(24-8-10-26(11-9-24)38(46)41-34(22-37(44)45)25-6-4-3-5-7-25)43-36(21-35(42-43)30-17-31(39)20-32(40)18-30)29-13-12-28-19-33(47-2)15-14-27(28)16-29/h3-21,23,34H,22H2,1-2H3,(H,41,46)(H,44,45). The second-order valence-corrected chi connectivity index (χ2v) is 12.2. The predicted molar refractivity (Wildman–Crippen MR) is 186 cm³/mol. The second-order valence-electron chi connectivity index (χ2n) is 11.3. The van der Waals surface area contributed by atoms with Gasteiger partial charge >= 0.3 is 5.97 Å². The van der Waals surface area contributed by atoms with E-state index in [1.54, 1.807) is 37.4 Å². The molecule has 236 valence electrons. The molecule has 0 saturated carbocycles. The van der Waals surface area contributed by atoms with E-state index in [-0.39, 0.29) is 18.4 Å². The minimum atomic E-state index is -0.996. The summed E-state index contributed by atoms with van der Waals surface area (Å²) >= 11 is 12.7. The maximum atomic E-state index is 13.2. The van der Waals surface area contributed by atoms with E-state index in [0.29, 0.717) is 21.3 Å². The Kier molecular flexibility index (Phi) is 9.29. The van der Waals surface area contributed by atoms with Crippen LogP contribution in [0.3, 0.4) is 0 Å². The Bertz CT molecular complexity index is 2060. The number of fused-ring (bicyclic) bond motifs is 1. The number of methoxy groups -OCH3 is 1. The molecule has 2 unspecified atom stereocenters. The summed E-state index contributed by atoms with van der Waals surface area (Å²) in [7, 11) is 1.65. The number of carbonyl (C=O) groups is 2. The van der Waals surface area contributed by atoms with Crippen molar-refractivity contribution in [2.45, 2.75) is 25.4 Å². The van der Waals surface area contributed by atoms with E-state index in [9.17, 15) is 14.7 Å². The van der Waals surface area contributed by atoms with Gasteiger partial charge in [-0.3, -0.25) is 14.3 Å². The van der Waals surface area contributed by atoms with Crippen molar-refractivity contribution in [1.29, 1.82) is 0 Å². The molecule has 0 radical (unpaired) electrons. The molecule has 47 heavy (non-hydrogen) atoms. The molecule has 0 aliphatic carbocycles. The van der Waals surface area contributed by atoms with E-state index in [0.717, 1.165) is 44.5 Å². The van der Waals surface area contributed by atoms with Gasteiger partial charge in [-0.15, -0.1) is 0 Å². The number of hydrogen-bond donors (Lipinski definition) is 2. The topological polar surface area (TPSA) is 93.5 Å². The van der Waals surface area contributed by atoms with Gasteiger partial charge in [0.15, 0.2) is 0 Å². The van der Waals surface area contributed by atoms with Crippen molar-refractivity contribution in [3.05, 3.63) is 142 Å². The molecule has 0 saturated heterocycles. The molecule has 1 aromatic heterocycles. The highest BCUT2D eigenvalue weighted by Crippen LogP contribution is 2.35. The number of aromatic nitrogens is 2. The molecule has 0 fully saturated rings. The fourth-order valence-electron chi connectivity index (χ4n) is 5.67. The number of ether oxygens (including phenoxy) is 1. The molecule has 7 nitrogen and oxygen atoms in total. The van der Waals surface area contributed by atoms with E-state index >= 15 is 0 Å². The highest BCUT2D eigenvalue weighted by atomic mass is 35.5. The molecule has 2 N–H and O–H groups in total. The zero-order valence-corrected chi connectivity index (χ0v) is 27.2. The van der Waals surface area contributed by atoms with Gasteiger partial charge in [0, 0.05) is 26.7 Å². The molecule has 5 aromatic carbocycles. The smallest absolute Gasteiger partial charge is 0.305 e. The van der Waals surface area contributed by atoms with Gasteiger partial charge in [-0.2, -0.15) is 5.10 Å². The minimum Gasteiger partial charge on any atom is -0.497 e. The van der Waals surface area contributed by atoms with Crippen LogP contribution in [0.15, 0.2) is 115 Å². The number of benzene rings is 5. The first-order valence-electron chi connectivity index (χ1n) is 15.0. The Morgan fingerprint density at radius 1 is 0.809 bits per heavy atom. The van der Waals surface area contributed by atoms with E-state index in [1.807, 2.05) is 78.3 Å². The van der Waals surface area contributed by atoms with Crippen LogP contribution in [0.5, 0.6) is 5.75 Å². The van der Waals surface area contributed by atoms with Crippen LogP contribution in [0, 0.1) is 0 Å². The largest absolute Gasteiger partial charge is 0.497 e. The quantitative estimate of drug-likeness (QED) is 0.152. The fraction of sp³-hybridized carbons (Fsp3) is 0.132. The van der Waals surface area contributed by atoms with Crippen molar-refractivity contribution in [3.8, 4) is 28.3 Å². The first-order valence-corrected chi connectivity index (χ1v) is 15.8. The average molecular weight is 665 g/mol. The molecule has 1 amide bonds. The lowest BCUT2D eigenvalue weighted by atomic mass is 10.0. The third kappa shape index (κ3) is 7.17. The van der Waals surface area contributed by atoms with Crippen LogP contribution in [-0.2, 0) is 4.79 Å². The minimum absolute atomic E-state index is 0.221. The van der Waals surface area contributed by atoms with Crippen molar-refractivity contribution in [2.75, 3.05) is 7.11 Å². The van der Waals surface area contributed by atoms with Gasteiger partial charge in [-0.1, -0.05) is 83.9 Å². The SMILES string of the molecule is COc1ccc2cc(-c3cc(-c4cc(Cl)cc(Cl)c4)nn3C(C)c3ccc(C(=O)NC(CC(=O)O)c4ccccc4)cc3)ccc2c1. The average Bonchev–Trinajstić information content (AvgIpc) is 3.53. The molecular weight excluding hydrogens is 633 g/mol. The van der Waals surface area contributed by atoms with Gasteiger partial charge in [0.1, 0.15) is 5.75 Å². The number of carboxylic acid groups (broad SMARTS) is 1. The third-order valence-electron chi connectivity index (χ3n) is 8.15. The maximum absolute atomic E-state index is 13.2. The first kappa shape index (κ1) is 31.9. The molecule has 6 aromatic rings. The van der Waals surface area contributed by atoms with Gasteiger partial charge in [0.2, 0.25) is 0 Å². The van der Waals surface area contributed by atoms with E-state index in [4.69, 9.17) is 33.0 Å². The monoisotopic (exact) mass is 663 g/mol. The lowest BCUT2D eigenvalue weighted by molar-refractivity contribution is -0.137. The number of carboxylic acids is 1. The number of nitrogens with one attached hydrogen (secondary N) is 1. The Balaban J connectivity index is 1.33. The first-order chi connectivity index (χ1) is 22.7. The number of amides is 1. The van der Waals surface area contributed by atoms with Crippen molar-refractivity contribution < 1.29 is 19.4 Å². The van der Waals surface area contributed by atoms with Crippen LogP contribution in [0.25, 0.3) is 33.3 Å². The van der Waals surface area contributed by atoms with Crippen LogP contribution in [0.2, 0.25) is 10.0 Å². The Labute approximate surface area is 282 Å². The zero-order valence-electron chi connectivity index (χ0n) is 25.7. The summed E-state index contributed by atoms with van der Waals surface area (Å²) in [6.45, 7) is 2.05. The number of nitrogens with zero attached hydrogens (tertiary/aromatic N) is 2. The number of aliphatic carboxylic acids is 1. The van der Waals surface area contributed by atoms with E-state index < -0.39 is 12.0 Å². The maximum Gasteiger partial charge on any atom is 0.305 e. The van der Waals surface area contributed by atoms with Crippen LogP contribution in [0.1, 0.15) is 46.9 Å². The van der Waals surface area contributed by atoms with Crippen LogP contribution in [0.4, 0.5) is 0 Å². The molecule has 2 atom stereocenters. The summed E-state index contributed by atoms with van der Waals surface area (Å²) in [4.78, 5) is 24.7. The molecule has 0 bridgehead atoms. The highest BCUT2D eigenvalue weighted by molar-refractivity contribution is 6.35. The Hall–Kier alpha value is -5.11. The van der Waals surface area contributed by atoms with Crippen LogP contribution < -0.4 is 10.1 Å². The van der Waals surface area contributed by atoms with E-state index in [2.05, 4.69) is 23.5 Å². The molecule has 1 heterocycles. The number of halogens is 2. The number of rotatable bonds is 10. The molecule has 0 aliphatic heterocycles. The summed E-state index contributed by atoms with van der Waals surface area (Å²) < 4.78 is 7.36. The number of hydrogen-bond acceptors (Lipinski definition) is 4. The lowest BCUT2D eigenvalue weighted by Crippen LogP contribution is -2.30. The molecule has 6 rings (SSSR count). The second kappa shape index (κ2) is 13.7. The fourth-order valence-corrected chi connectivity index (χ4v) is 6.19. The predicted octanol–water partition coefficient (Wildman–Crippen LogP) is 9.24. The lowest BCUT2D eigenvalue weighted by Gasteiger charge is -2.19. The van der Waals surface area contributed by atoms with Crippen molar-refractivity contribution in [3.63, 3.8) is 0 Å². The zero-order chi connectivity index (χ0) is 33.1. The van der Waals surface area contributed by atoms with Gasteiger partial charge in [-0.25, -0.2) is 0 Å². The Morgan fingerprint density at radius 2 is 1.49 bits per heavy atom. The van der Waals surface area contributed by atoms with Gasteiger partial charge in [0.25, 0.3) is 5.91 Å². The van der Waals surface area contributed by atoms with E-state index in [1.165, 1.54) is 0 Å². The summed E-state index contributed by atoms with van der Waals surface area (Å²) in [6, 6.07) is 35.1. The summed E-state index contributed by atoms with van der Waals surface area (Å²) in [5, 5.41) is 20.5. The van der Waals surface area contributed by atoms with Crippen LogP contribution in [-0.4, -0.2) is 33.9 Å². The highest BCUT2D eigenvalue weighted by Gasteiger charge is 2.21. The van der Waals surface area contributed by atoms with Gasteiger partial charge in [-0.05, 0) is 83.4 Å². The third-order valence-corrected chi connectivity index (χ3v) is 8.58. The Morgan fingerprint density at radius 3 is 2.17 bits per heavy atom. The molecule has 0 aliphatic rings. The van der Waals surface area contributed by atoms with Gasteiger partial charge in [0.05, 0.1) is 37.0 Å². The molecule has 9 heteroatoms. The normalized spacial score (nSPS) is 12.4. The summed E-state index contributed by atoms with van der Waals surface area (Å²) in [5.41, 5.74) is 5.45. The van der Waals surface area contributed by atoms with Crippen molar-refractivity contribution in [2.24, 2.45) is 0 Å². The van der Waals surface area contributed by atoms with Crippen molar-refractivity contribution >= 4 is 45.9 Å². The summed E-state index contributed by atoms with van der Waals surface area (Å²) in [5.74, 6) is -0.561. The summed E-state index contributed by atoms with van der Waals surface area (Å²) in [6.07, 6.45) is -0.227. The molecular formula is C38H31Cl2N3O4. The van der Waals surface area contributed by atoms with Crippen molar-refractivity contribution in [1.82, 2.24) is 15.1 Å². The van der Waals surface area contributed by atoms with Crippen LogP contribution >= 0.6 is 23.2 Å². The number of carbonyl (C=O) groups excluding carboxylic acids is 1. The van der Waals surface area contributed by atoms with Gasteiger partial charge < -0.3 is 15.2 Å².